The van der Waals surface area contributed by atoms with Gasteiger partial charge in [-0.25, -0.2) is 4.39 Å². The lowest BCUT2D eigenvalue weighted by atomic mass is 9.69. The molecule has 1 amide bonds. The van der Waals surface area contributed by atoms with Crippen LogP contribution >= 0.6 is 0 Å². The van der Waals surface area contributed by atoms with E-state index >= 15 is 0 Å². The van der Waals surface area contributed by atoms with Crippen molar-refractivity contribution in [3.05, 3.63) is 70.0 Å². The maximum absolute atomic E-state index is 13.6. The van der Waals surface area contributed by atoms with Gasteiger partial charge in [0.1, 0.15) is 5.82 Å². The molecule has 10 heteroatoms. The summed E-state index contributed by atoms with van der Waals surface area (Å²) in [5.41, 5.74) is -2.30. The highest BCUT2D eigenvalue weighted by atomic mass is 19.4. The van der Waals surface area contributed by atoms with Crippen LogP contribution in [0.4, 0.5) is 30.7 Å². The van der Waals surface area contributed by atoms with Crippen LogP contribution in [-0.4, -0.2) is 19.0 Å². The van der Waals surface area contributed by atoms with Crippen LogP contribution in [0.1, 0.15) is 47.1 Å². The third kappa shape index (κ3) is 6.04. The fourth-order valence-electron chi connectivity index (χ4n) is 4.36. The largest absolute Gasteiger partial charge is 0.416 e. The second-order valence-electron chi connectivity index (χ2n) is 8.36. The van der Waals surface area contributed by atoms with Crippen LogP contribution in [0.25, 0.3) is 0 Å². The summed E-state index contributed by atoms with van der Waals surface area (Å²) in [5.74, 6) is -0.915. The van der Waals surface area contributed by atoms with Gasteiger partial charge in [-0.2, -0.15) is 26.3 Å². The number of aryl methyl sites for hydroxylation is 1. The Hall–Kier alpha value is -2.62. The highest BCUT2D eigenvalue weighted by Crippen LogP contribution is 2.39. The first-order valence-corrected chi connectivity index (χ1v) is 10.3. The number of rotatable bonds is 5. The minimum Gasteiger partial charge on any atom is -0.352 e. The first kappa shape index (κ1) is 25.0. The van der Waals surface area contributed by atoms with E-state index in [1.54, 1.807) is 13.0 Å². The van der Waals surface area contributed by atoms with Crippen LogP contribution in [-0.2, 0) is 29.1 Å². The second-order valence-corrected chi connectivity index (χ2v) is 8.36. The smallest absolute Gasteiger partial charge is 0.352 e. The van der Waals surface area contributed by atoms with E-state index in [9.17, 15) is 35.5 Å². The number of hydrogen-bond acceptors (Lipinski definition) is 2. The molecule has 2 N–H and O–H groups in total. The van der Waals surface area contributed by atoms with E-state index in [-0.39, 0.29) is 18.1 Å². The molecule has 3 nitrogen and oxygen atoms in total. The molecule has 0 aromatic heterocycles. The zero-order valence-corrected chi connectivity index (χ0v) is 17.8. The van der Waals surface area contributed by atoms with Crippen molar-refractivity contribution < 1.29 is 35.5 Å². The SMILES string of the molecule is Cc1cc(F)ccc1C1(CC(=O)NCc2cc(C(F)(F)F)cc(C(F)(F)F)c2)CCNCC1. The molecule has 0 bridgehead atoms. The molecule has 2 aromatic carbocycles. The Morgan fingerprint density at radius 1 is 0.970 bits per heavy atom. The molecule has 1 aliphatic heterocycles. The number of carbonyl (C=O) groups excluding carboxylic acids is 1. The molecule has 1 saturated heterocycles. The molecule has 0 spiro atoms. The summed E-state index contributed by atoms with van der Waals surface area (Å²) in [6.45, 7) is 2.49. The molecule has 1 aliphatic rings. The Labute approximate surface area is 186 Å². The molecular weight excluding hydrogens is 453 g/mol. The summed E-state index contributed by atoms with van der Waals surface area (Å²) in [6, 6.07) is 5.56. The average Bonchev–Trinajstić information content (AvgIpc) is 2.71. The van der Waals surface area contributed by atoms with Crippen molar-refractivity contribution in [3.63, 3.8) is 0 Å². The summed E-state index contributed by atoms with van der Waals surface area (Å²) >= 11 is 0. The van der Waals surface area contributed by atoms with Crippen molar-refractivity contribution >= 4 is 5.91 Å². The number of amides is 1. The van der Waals surface area contributed by atoms with Crippen LogP contribution in [0.15, 0.2) is 36.4 Å². The molecule has 0 saturated carbocycles. The minimum atomic E-state index is -4.96. The van der Waals surface area contributed by atoms with Gasteiger partial charge in [0, 0.05) is 18.4 Å². The Balaban J connectivity index is 1.81. The number of halogens is 7. The number of piperidine rings is 1. The van der Waals surface area contributed by atoms with E-state index in [1.165, 1.54) is 12.1 Å². The monoisotopic (exact) mass is 476 g/mol. The summed E-state index contributed by atoms with van der Waals surface area (Å²) in [4.78, 5) is 12.8. The topological polar surface area (TPSA) is 41.1 Å². The number of carbonyl (C=O) groups is 1. The zero-order chi connectivity index (χ0) is 24.4. The first-order chi connectivity index (χ1) is 15.3. The minimum absolute atomic E-state index is 0.0216. The van der Waals surface area contributed by atoms with E-state index in [1.807, 2.05) is 0 Å². The van der Waals surface area contributed by atoms with Crippen molar-refractivity contribution in [2.75, 3.05) is 13.1 Å². The Morgan fingerprint density at radius 3 is 2.06 bits per heavy atom. The van der Waals surface area contributed by atoms with Crippen LogP contribution in [0.5, 0.6) is 0 Å². The van der Waals surface area contributed by atoms with Crippen LogP contribution in [0.2, 0.25) is 0 Å². The van der Waals surface area contributed by atoms with Crippen LogP contribution in [0, 0.1) is 12.7 Å². The molecule has 0 radical (unpaired) electrons. The maximum atomic E-state index is 13.6. The van der Waals surface area contributed by atoms with Gasteiger partial charge >= 0.3 is 12.4 Å². The van der Waals surface area contributed by atoms with E-state index in [4.69, 9.17) is 0 Å². The number of nitrogens with one attached hydrogen (secondary N) is 2. The molecule has 0 aliphatic carbocycles. The number of alkyl halides is 6. The highest BCUT2D eigenvalue weighted by Gasteiger charge is 2.38. The molecule has 1 heterocycles. The van der Waals surface area contributed by atoms with Crippen molar-refractivity contribution in [1.29, 1.82) is 0 Å². The first-order valence-electron chi connectivity index (χ1n) is 10.3. The van der Waals surface area contributed by atoms with Crippen LogP contribution < -0.4 is 10.6 Å². The van der Waals surface area contributed by atoms with Gasteiger partial charge in [-0.1, -0.05) is 6.07 Å². The van der Waals surface area contributed by atoms with E-state index in [2.05, 4.69) is 10.6 Å². The zero-order valence-electron chi connectivity index (χ0n) is 17.8. The average molecular weight is 476 g/mol. The van der Waals surface area contributed by atoms with Gasteiger partial charge < -0.3 is 10.6 Å². The molecule has 0 atom stereocenters. The molecule has 33 heavy (non-hydrogen) atoms. The van der Waals surface area contributed by atoms with Gasteiger partial charge in [0.05, 0.1) is 11.1 Å². The maximum Gasteiger partial charge on any atom is 0.416 e. The van der Waals surface area contributed by atoms with Gasteiger partial charge in [0.15, 0.2) is 0 Å². The second kappa shape index (κ2) is 9.32. The Morgan fingerprint density at radius 2 is 1.55 bits per heavy atom. The van der Waals surface area contributed by atoms with Crippen molar-refractivity contribution in [1.82, 2.24) is 10.6 Å². The molecule has 2 aromatic rings. The fourth-order valence-corrected chi connectivity index (χ4v) is 4.36. The van der Waals surface area contributed by atoms with Gasteiger partial charge in [0.25, 0.3) is 0 Å². The van der Waals surface area contributed by atoms with E-state index < -0.39 is 47.2 Å². The van der Waals surface area contributed by atoms with Gasteiger partial charge in [0.2, 0.25) is 5.91 Å². The quantitative estimate of drug-likeness (QED) is 0.560. The fraction of sp³-hybridized carbons (Fsp3) is 0.435. The summed E-state index contributed by atoms with van der Waals surface area (Å²) < 4.78 is 92.0. The van der Waals surface area contributed by atoms with Gasteiger partial charge in [-0.15, -0.1) is 0 Å². The predicted octanol–water partition coefficient (Wildman–Crippen LogP) is 5.50. The Bertz CT molecular complexity index is 977. The predicted molar refractivity (Wildman–Crippen MR) is 108 cm³/mol. The standard InChI is InChI=1S/C23H23F7N2O/c1-14-8-18(24)2-3-19(14)21(4-6-31-7-5-21)12-20(33)32-13-15-9-16(22(25,26)27)11-17(10-15)23(28,29)30/h2-3,8-11,31H,4-7,12-13H2,1H3,(H,32,33). The van der Waals surface area contributed by atoms with Crippen LogP contribution in [0.3, 0.4) is 0 Å². The molecule has 180 valence electrons. The lowest BCUT2D eigenvalue weighted by Crippen LogP contribution is -2.43. The third-order valence-electron chi connectivity index (χ3n) is 5.96. The molecule has 0 unspecified atom stereocenters. The van der Waals surface area contributed by atoms with E-state index in [0.29, 0.717) is 43.6 Å². The molecule has 3 rings (SSSR count). The number of benzene rings is 2. The van der Waals surface area contributed by atoms with E-state index in [0.717, 1.165) is 5.56 Å². The summed E-state index contributed by atoms with van der Waals surface area (Å²) in [6.07, 6.45) is -8.78. The Kier molecular flexibility index (Phi) is 7.07. The summed E-state index contributed by atoms with van der Waals surface area (Å²) in [7, 11) is 0. The van der Waals surface area contributed by atoms with Crippen molar-refractivity contribution in [3.8, 4) is 0 Å². The van der Waals surface area contributed by atoms with Gasteiger partial charge in [-0.05, 0) is 79.9 Å². The van der Waals surface area contributed by atoms with Crippen molar-refractivity contribution in [2.24, 2.45) is 0 Å². The number of hydrogen-bond donors (Lipinski definition) is 2. The normalized spacial score (nSPS) is 16.5. The molecule has 1 fully saturated rings. The highest BCUT2D eigenvalue weighted by molar-refractivity contribution is 5.78. The summed E-state index contributed by atoms with van der Waals surface area (Å²) in [5, 5.41) is 5.65. The molecular formula is C23H23F7N2O. The lowest BCUT2D eigenvalue weighted by molar-refractivity contribution is -0.143. The third-order valence-corrected chi connectivity index (χ3v) is 5.96. The van der Waals surface area contributed by atoms with Crippen molar-refractivity contribution in [2.45, 2.75) is 50.5 Å². The van der Waals surface area contributed by atoms with Gasteiger partial charge in [-0.3, -0.25) is 4.79 Å². The lowest BCUT2D eigenvalue weighted by Gasteiger charge is -2.39.